The van der Waals surface area contributed by atoms with E-state index in [9.17, 15) is 18.8 Å². The SMILES string of the molecule is CNC(=O)CC(=O)C1CC(F)C(N2CCCC2)NC1Cl.CNC(=O)OC(C)(C)C. The Morgan fingerprint density at radius 3 is 2.21 bits per heavy atom. The van der Waals surface area contributed by atoms with Crippen molar-refractivity contribution in [3.05, 3.63) is 0 Å². The van der Waals surface area contributed by atoms with Crippen LogP contribution in [0.3, 0.4) is 0 Å². The molecule has 10 heteroatoms. The van der Waals surface area contributed by atoms with Crippen LogP contribution in [0.5, 0.6) is 0 Å². The number of halogens is 2. The zero-order chi connectivity index (χ0) is 22.2. The number of nitrogens with zero attached hydrogens (tertiary/aromatic N) is 1. The first-order valence-corrected chi connectivity index (χ1v) is 10.3. The summed E-state index contributed by atoms with van der Waals surface area (Å²) < 4.78 is 19.1. The van der Waals surface area contributed by atoms with Gasteiger partial charge in [-0.15, -0.1) is 11.6 Å². The molecule has 3 N–H and O–H groups in total. The molecule has 2 saturated heterocycles. The van der Waals surface area contributed by atoms with Crippen molar-refractivity contribution in [1.29, 1.82) is 0 Å². The molecule has 2 aliphatic heterocycles. The molecule has 2 rings (SSSR count). The van der Waals surface area contributed by atoms with Gasteiger partial charge in [-0.05, 0) is 53.1 Å². The maximum Gasteiger partial charge on any atom is 0.407 e. The summed E-state index contributed by atoms with van der Waals surface area (Å²) in [5.41, 5.74) is -1.01. The van der Waals surface area contributed by atoms with Crippen molar-refractivity contribution in [1.82, 2.24) is 20.9 Å². The lowest BCUT2D eigenvalue weighted by atomic mass is 9.90. The first kappa shape index (κ1) is 25.6. The zero-order valence-electron chi connectivity index (χ0n) is 17.9. The van der Waals surface area contributed by atoms with E-state index >= 15 is 0 Å². The zero-order valence-corrected chi connectivity index (χ0v) is 18.6. The fourth-order valence-electron chi connectivity index (χ4n) is 3.23. The van der Waals surface area contributed by atoms with Gasteiger partial charge in [-0.2, -0.15) is 0 Å². The van der Waals surface area contributed by atoms with E-state index in [0.29, 0.717) is 0 Å². The molecular formula is C19H34ClFN4O4. The summed E-state index contributed by atoms with van der Waals surface area (Å²) in [6, 6.07) is 0. The molecule has 0 aromatic rings. The topological polar surface area (TPSA) is 99.8 Å². The molecule has 168 valence electrons. The molecule has 8 nitrogen and oxygen atoms in total. The first-order chi connectivity index (χ1) is 13.5. The predicted octanol–water partition coefficient (Wildman–Crippen LogP) is 1.77. The number of ketones is 1. The van der Waals surface area contributed by atoms with E-state index < -0.39 is 23.8 Å². The molecule has 2 heterocycles. The summed E-state index contributed by atoms with van der Waals surface area (Å²) in [5.74, 6) is -1.32. The van der Waals surface area contributed by atoms with Gasteiger partial charge in [0.2, 0.25) is 5.91 Å². The Kier molecular flexibility index (Phi) is 10.3. The van der Waals surface area contributed by atoms with Gasteiger partial charge >= 0.3 is 6.09 Å². The summed E-state index contributed by atoms with van der Waals surface area (Å²) in [7, 11) is 3.00. The molecular weight excluding hydrogens is 403 g/mol. The van der Waals surface area contributed by atoms with Gasteiger partial charge in [-0.25, -0.2) is 9.18 Å². The fraction of sp³-hybridized carbons (Fsp3) is 0.842. The molecule has 0 saturated carbocycles. The number of alkyl halides is 2. The number of likely N-dealkylation sites (tertiary alicyclic amines) is 1. The molecule has 2 amide bonds. The average molecular weight is 437 g/mol. The van der Waals surface area contributed by atoms with Crippen molar-refractivity contribution in [2.75, 3.05) is 27.2 Å². The molecule has 0 bridgehead atoms. The number of alkyl carbamates (subject to hydrolysis) is 1. The van der Waals surface area contributed by atoms with E-state index in [1.54, 1.807) is 0 Å². The van der Waals surface area contributed by atoms with E-state index in [0.717, 1.165) is 25.9 Å². The average Bonchev–Trinajstić information content (AvgIpc) is 3.16. The Hall–Kier alpha value is -1.45. The van der Waals surface area contributed by atoms with Crippen LogP contribution in [0.4, 0.5) is 9.18 Å². The van der Waals surface area contributed by atoms with Gasteiger partial charge in [0.25, 0.3) is 0 Å². The molecule has 0 aromatic carbocycles. The Morgan fingerprint density at radius 1 is 1.17 bits per heavy atom. The molecule has 0 radical (unpaired) electrons. The fourth-order valence-corrected chi connectivity index (χ4v) is 3.60. The lowest BCUT2D eigenvalue weighted by Gasteiger charge is -2.40. The second-order valence-corrected chi connectivity index (χ2v) is 8.65. The molecule has 4 unspecified atom stereocenters. The highest BCUT2D eigenvalue weighted by Gasteiger charge is 2.42. The number of ether oxygens (including phenoxy) is 1. The number of carbonyl (C=O) groups excluding carboxylic acids is 3. The van der Waals surface area contributed by atoms with Crippen LogP contribution in [0.15, 0.2) is 0 Å². The van der Waals surface area contributed by atoms with Gasteiger partial charge in [0.05, 0.1) is 24.0 Å². The van der Waals surface area contributed by atoms with E-state index in [2.05, 4.69) is 16.0 Å². The van der Waals surface area contributed by atoms with Gasteiger partial charge in [0, 0.05) is 14.1 Å². The van der Waals surface area contributed by atoms with Crippen molar-refractivity contribution in [3.63, 3.8) is 0 Å². The van der Waals surface area contributed by atoms with Crippen LogP contribution >= 0.6 is 11.6 Å². The van der Waals surface area contributed by atoms with Gasteiger partial charge in [0.15, 0.2) is 0 Å². The largest absolute Gasteiger partial charge is 0.444 e. The third-order valence-electron chi connectivity index (χ3n) is 4.67. The van der Waals surface area contributed by atoms with Crippen molar-refractivity contribution >= 4 is 29.4 Å². The molecule has 4 atom stereocenters. The molecule has 0 aliphatic carbocycles. The summed E-state index contributed by atoms with van der Waals surface area (Å²) in [5, 5.41) is 7.74. The van der Waals surface area contributed by atoms with Crippen LogP contribution in [0, 0.1) is 5.92 Å². The Balaban J connectivity index is 0.000000396. The standard InChI is InChI=1S/C13H21ClFN3O2.C6H13NO2/c1-16-11(20)7-10(19)8-6-9(15)13(17-12(8)14)18-4-2-3-5-18;1-6(2,3)9-5(8)7-4/h8-9,12-13,17H,2-7H2,1H3,(H,16,20);1-4H3,(H,7,8). The second kappa shape index (κ2) is 11.7. The minimum absolute atomic E-state index is 0.0815. The third-order valence-corrected chi connectivity index (χ3v) is 5.10. The van der Waals surface area contributed by atoms with Crippen molar-refractivity contribution < 1.29 is 23.5 Å². The third kappa shape index (κ3) is 8.84. The van der Waals surface area contributed by atoms with Crippen molar-refractivity contribution in [3.8, 4) is 0 Å². The van der Waals surface area contributed by atoms with Crippen molar-refractivity contribution in [2.45, 2.75) is 69.9 Å². The summed E-state index contributed by atoms with van der Waals surface area (Å²) in [4.78, 5) is 35.8. The van der Waals surface area contributed by atoms with Crippen LogP contribution in [-0.4, -0.2) is 73.3 Å². The highest BCUT2D eigenvalue weighted by molar-refractivity contribution is 6.22. The van der Waals surface area contributed by atoms with Crippen molar-refractivity contribution in [2.24, 2.45) is 5.92 Å². The van der Waals surface area contributed by atoms with Gasteiger partial charge in [0.1, 0.15) is 17.6 Å². The van der Waals surface area contributed by atoms with E-state index in [1.165, 1.54) is 14.1 Å². The normalized spacial score (nSPS) is 27.4. The number of hydrogen-bond donors (Lipinski definition) is 3. The van der Waals surface area contributed by atoms with Crippen LogP contribution in [-0.2, 0) is 14.3 Å². The highest BCUT2D eigenvalue weighted by Crippen LogP contribution is 2.29. The highest BCUT2D eigenvalue weighted by atomic mass is 35.5. The number of carbonyl (C=O) groups is 3. The minimum Gasteiger partial charge on any atom is -0.444 e. The van der Waals surface area contributed by atoms with E-state index in [4.69, 9.17) is 16.3 Å². The molecule has 29 heavy (non-hydrogen) atoms. The summed E-state index contributed by atoms with van der Waals surface area (Å²) in [6.07, 6.45) is 0.0346. The maximum atomic E-state index is 14.3. The second-order valence-electron chi connectivity index (χ2n) is 8.18. The van der Waals surface area contributed by atoms with Gasteiger partial charge in [-0.1, -0.05) is 0 Å². The lowest BCUT2D eigenvalue weighted by Crippen LogP contribution is -2.60. The lowest BCUT2D eigenvalue weighted by molar-refractivity contribution is -0.131. The molecule has 2 aliphatic rings. The molecule has 0 spiro atoms. The van der Waals surface area contributed by atoms with Crippen LogP contribution in [0.2, 0.25) is 0 Å². The Morgan fingerprint density at radius 2 is 1.76 bits per heavy atom. The summed E-state index contributed by atoms with van der Waals surface area (Å²) in [6.45, 7) is 7.18. The number of amides is 2. The van der Waals surface area contributed by atoms with E-state index in [-0.39, 0.29) is 36.2 Å². The predicted molar refractivity (Wildman–Crippen MR) is 109 cm³/mol. The number of hydrogen-bond acceptors (Lipinski definition) is 6. The summed E-state index contributed by atoms with van der Waals surface area (Å²) >= 11 is 6.19. The Labute approximate surface area is 177 Å². The monoisotopic (exact) mass is 436 g/mol. The number of nitrogens with one attached hydrogen (secondary N) is 3. The first-order valence-electron chi connectivity index (χ1n) is 9.90. The number of Topliss-reactive ketones (excluding diaryl/α,β-unsaturated/α-hetero) is 1. The number of piperidine rings is 1. The number of rotatable bonds is 4. The van der Waals surface area contributed by atoms with Crippen LogP contribution in [0.1, 0.15) is 46.5 Å². The van der Waals surface area contributed by atoms with Crippen LogP contribution < -0.4 is 16.0 Å². The smallest absolute Gasteiger partial charge is 0.407 e. The van der Waals surface area contributed by atoms with E-state index in [1.807, 2.05) is 25.7 Å². The maximum absolute atomic E-state index is 14.3. The molecule has 2 fully saturated rings. The quantitative estimate of drug-likeness (QED) is 0.353. The van der Waals surface area contributed by atoms with Crippen LogP contribution in [0.25, 0.3) is 0 Å². The minimum atomic E-state index is -1.14. The van der Waals surface area contributed by atoms with Gasteiger partial charge in [-0.3, -0.25) is 19.8 Å². The molecule has 0 aromatic heterocycles. The van der Waals surface area contributed by atoms with Gasteiger partial charge < -0.3 is 15.4 Å². The Bertz CT molecular complexity index is 567.